The Morgan fingerprint density at radius 2 is 1.75 bits per heavy atom. The molecule has 0 radical (unpaired) electrons. The first kappa shape index (κ1) is 15.3. The molecule has 1 aromatic carbocycles. The van der Waals surface area contributed by atoms with E-state index in [1.807, 2.05) is 6.92 Å². The first-order valence-electron chi connectivity index (χ1n) is 5.91. The summed E-state index contributed by atoms with van der Waals surface area (Å²) in [5.41, 5.74) is 0.722. The van der Waals surface area contributed by atoms with E-state index in [9.17, 15) is 0 Å². The Bertz CT molecular complexity index is 587. The SMILES string of the molecule is CCOCc1nc(Cl)cc(Nc2cc(Cl)cc(Cl)c2)n1. The summed E-state index contributed by atoms with van der Waals surface area (Å²) in [7, 11) is 0. The van der Waals surface area contributed by atoms with Crippen LogP contribution >= 0.6 is 34.8 Å². The number of benzene rings is 1. The smallest absolute Gasteiger partial charge is 0.158 e. The van der Waals surface area contributed by atoms with Crippen molar-refractivity contribution in [2.75, 3.05) is 11.9 Å². The van der Waals surface area contributed by atoms with Crippen molar-refractivity contribution in [3.63, 3.8) is 0 Å². The second-order valence-electron chi connectivity index (χ2n) is 3.91. The number of hydrogen-bond acceptors (Lipinski definition) is 4. The molecule has 0 bridgehead atoms. The fourth-order valence-corrected chi connectivity index (χ4v) is 2.29. The van der Waals surface area contributed by atoms with Crippen LogP contribution in [0, 0.1) is 0 Å². The molecule has 0 amide bonds. The second-order valence-corrected chi connectivity index (χ2v) is 5.17. The maximum absolute atomic E-state index is 5.96. The molecule has 106 valence electrons. The zero-order valence-electron chi connectivity index (χ0n) is 10.7. The molecule has 1 N–H and O–H groups in total. The molecule has 1 aromatic heterocycles. The van der Waals surface area contributed by atoms with E-state index >= 15 is 0 Å². The van der Waals surface area contributed by atoms with Crippen molar-refractivity contribution in [2.45, 2.75) is 13.5 Å². The second kappa shape index (κ2) is 7.09. The van der Waals surface area contributed by atoms with E-state index in [0.29, 0.717) is 40.1 Å². The van der Waals surface area contributed by atoms with Crippen LogP contribution in [0.1, 0.15) is 12.7 Å². The van der Waals surface area contributed by atoms with Crippen LogP contribution in [-0.4, -0.2) is 16.6 Å². The zero-order valence-corrected chi connectivity index (χ0v) is 12.9. The highest BCUT2D eigenvalue weighted by molar-refractivity contribution is 6.35. The van der Waals surface area contributed by atoms with Gasteiger partial charge in [-0.05, 0) is 25.1 Å². The minimum atomic E-state index is 0.308. The zero-order chi connectivity index (χ0) is 14.5. The third kappa shape index (κ3) is 4.49. The molecule has 0 unspecified atom stereocenters. The number of anilines is 2. The predicted molar refractivity (Wildman–Crippen MR) is 82.1 cm³/mol. The molecule has 0 fully saturated rings. The Labute approximate surface area is 132 Å². The molecule has 2 rings (SSSR count). The van der Waals surface area contributed by atoms with Crippen molar-refractivity contribution < 1.29 is 4.74 Å². The van der Waals surface area contributed by atoms with Crippen LogP contribution in [-0.2, 0) is 11.3 Å². The molecular weight excluding hydrogens is 321 g/mol. The van der Waals surface area contributed by atoms with Crippen LogP contribution < -0.4 is 5.32 Å². The molecule has 0 saturated carbocycles. The lowest BCUT2D eigenvalue weighted by atomic mass is 10.3. The summed E-state index contributed by atoms with van der Waals surface area (Å²) in [5.74, 6) is 1.06. The number of hydrogen-bond donors (Lipinski definition) is 1. The summed E-state index contributed by atoms with van der Waals surface area (Å²) < 4.78 is 5.26. The van der Waals surface area contributed by atoms with E-state index in [4.69, 9.17) is 39.5 Å². The summed E-state index contributed by atoms with van der Waals surface area (Å²) in [6.07, 6.45) is 0. The first-order valence-corrected chi connectivity index (χ1v) is 7.04. The van der Waals surface area contributed by atoms with Gasteiger partial charge in [0, 0.05) is 28.4 Å². The van der Waals surface area contributed by atoms with Gasteiger partial charge in [-0.3, -0.25) is 0 Å². The van der Waals surface area contributed by atoms with E-state index in [-0.39, 0.29) is 0 Å². The quantitative estimate of drug-likeness (QED) is 0.805. The van der Waals surface area contributed by atoms with Crippen LogP contribution in [0.5, 0.6) is 0 Å². The normalized spacial score (nSPS) is 10.6. The summed E-state index contributed by atoms with van der Waals surface area (Å²) in [6, 6.07) is 6.75. The number of halogens is 3. The van der Waals surface area contributed by atoms with Gasteiger partial charge in [-0.2, -0.15) is 0 Å². The van der Waals surface area contributed by atoms with Gasteiger partial charge in [0.15, 0.2) is 5.82 Å². The number of rotatable bonds is 5. The topological polar surface area (TPSA) is 47.0 Å². The number of nitrogens with zero attached hydrogens (tertiary/aromatic N) is 2. The van der Waals surface area contributed by atoms with Crippen molar-refractivity contribution >= 4 is 46.3 Å². The maximum Gasteiger partial charge on any atom is 0.158 e. The van der Waals surface area contributed by atoms with Crippen molar-refractivity contribution in [1.82, 2.24) is 9.97 Å². The molecule has 1 heterocycles. The van der Waals surface area contributed by atoms with Gasteiger partial charge in [0.1, 0.15) is 17.6 Å². The molecule has 7 heteroatoms. The minimum absolute atomic E-state index is 0.308. The van der Waals surface area contributed by atoms with Gasteiger partial charge in [0.05, 0.1) is 0 Å². The maximum atomic E-state index is 5.96. The molecule has 0 atom stereocenters. The number of ether oxygens (including phenoxy) is 1. The lowest BCUT2D eigenvalue weighted by Gasteiger charge is -2.09. The fourth-order valence-electron chi connectivity index (χ4n) is 1.56. The highest BCUT2D eigenvalue weighted by Gasteiger charge is 2.05. The van der Waals surface area contributed by atoms with Crippen molar-refractivity contribution in [2.24, 2.45) is 0 Å². The van der Waals surface area contributed by atoms with Gasteiger partial charge < -0.3 is 10.1 Å². The summed E-state index contributed by atoms with van der Waals surface area (Å²) in [4.78, 5) is 8.39. The van der Waals surface area contributed by atoms with Gasteiger partial charge >= 0.3 is 0 Å². The molecule has 20 heavy (non-hydrogen) atoms. The lowest BCUT2D eigenvalue weighted by molar-refractivity contribution is 0.128. The van der Waals surface area contributed by atoms with E-state index < -0.39 is 0 Å². The first-order chi connectivity index (χ1) is 9.56. The van der Waals surface area contributed by atoms with E-state index in [2.05, 4.69) is 15.3 Å². The third-order valence-electron chi connectivity index (χ3n) is 2.31. The Balaban J connectivity index is 2.21. The summed E-state index contributed by atoms with van der Waals surface area (Å²) in [6.45, 7) is 2.79. The molecule has 0 saturated heterocycles. The largest absolute Gasteiger partial charge is 0.374 e. The summed E-state index contributed by atoms with van der Waals surface area (Å²) >= 11 is 17.8. The van der Waals surface area contributed by atoms with Crippen LogP contribution in [0.4, 0.5) is 11.5 Å². The fraction of sp³-hybridized carbons (Fsp3) is 0.231. The standard InChI is InChI=1S/C13H12Cl3N3O/c1-2-20-7-13-18-11(16)6-12(19-13)17-10-4-8(14)3-9(15)5-10/h3-6H,2,7H2,1H3,(H,17,18,19). The third-order valence-corrected chi connectivity index (χ3v) is 2.94. The van der Waals surface area contributed by atoms with Crippen LogP contribution in [0.15, 0.2) is 24.3 Å². The van der Waals surface area contributed by atoms with Gasteiger partial charge in [0.2, 0.25) is 0 Å². The average molecular weight is 333 g/mol. The van der Waals surface area contributed by atoms with Crippen molar-refractivity contribution in [3.05, 3.63) is 45.3 Å². The number of nitrogens with one attached hydrogen (secondary N) is 1. The highest BCUT2D eigenvalue weighted by atomic mass is 35.5. The van der Waals surface area contributed by atoms with Gasteiger partial charge in [-0.1, -0.05) is 34.8 Å². The van der Waals surface area contributed by atoms with Crippen LogP contribution in [0.2, 0.25) is 15.2 Å². The molecule has 0 spiro atoms. The lowest BCUT2D eigenvalue weighted by Crippen LogP contribution is -2.02. The molecule has 4 nitrogen and oxygen atoms in total. The molecular formula is C13H12Cl3N3O. The average Bonchev–Trinajstić information content (AvgIpc) is 2.34. The Morgan fingerprint density at radius 1 is 1.05 bits per heavy atom. The van der Waals surface area contributed by atoms with Gasteiger partial charge in [0.25, 0.3) is 0 Å². The van der Waals surface area contributed by atoms with E-state index in [1.165, 1.54) is 0 Å². The van der Waals surface area contributed by atoms with Crippen LogP contribution in [0.3, 0.4) is 0 Å². The Kier molecular flexibility index (Phi) is 5.43. The molecule has 0 aliphatic rings. The Hall–Kier alpha value is -1.07. The van der Waals surface area contributed by atoms with E-state index in [0.717, 1.165) is 5.69 Å². The molecule has 2 aromatic rings. The highest BCUT2D eigenvalue weighted by Crippen LogP contribution is 2.25. The molecule has 0 aliphatic heterocycles. The van der Waals surface area contributed by atoms with E-state index in [1.54, 1.807) is 24.3 Å². The minimum Gasteiger partial charge on any atom is -0.374 e. The monoisotopic (exact) mass is 331 g/mol. The van der Waals surface area contributed by atoms with Gasteiger partial charge in [-0.15, -0.1) is 0 Å². The predicted octanol–water partition coefficient (Wildman–Crippen LogP) is 4.72. The van der Waals surface area contributed by atoms with Crippen LogP contribution in [0.25, 0.3) is 0 Å². The number of aromatic nitrogens is 2. The summed E-state index contributed by atoms with van der Waals surface area (Å²) in [5, 5.41) is 4.49. The van der Waals surface area contributed by atoms with Gasteiger partial charge in [-0.25, -0.2) is 9.97 Å². The molecule has 0 aliphatic carbocycles. The van der Waals surface area contributed by atoms with Crippen molar-refractivity contribution in [1.29, 1.82) is 0 Å². The van der Waals surface area contributed by atoms with Crippen molar-refractivity contribution in [3.8, 4) is 0 Å². The Morgan fingerprint density at radius 3 is 2.40 bits per heavy atom.